The van der Waals surface area contributed by atoms with E-state index in [0.717, 1.165) is 30.1 Å². The molecular formula is C15H22N4O. The molecule has 2 rings (SSSR count). The molecule has 0 amide bonds. The van der Waals surface area contributed by atoms with Crippen LogP contribution >= 0.6 is 0 Å². The maximum absolute atomic E-state index is 5.38. The maximum Gasteiger partial charge on any atom is 0.145 e. The van der Waals surface area contributed by atoms with E-state index in [4.69, 9.17) is 4.74 Å². The van der Waals surface area contributed by atoms with Gasteiger partial charge in [-0.3, -0.25) is 5.10 Å². The molecule has 0 aliphatic carbocycles. The predicted molar refractivity (Wildman–Crippen MR) is 79.0 cm³/mol. The van der Waals surface area contributed by atoms with E-state index in [2.05, 4.69) is 53.4 Å². The Hall–Kier alpha value is -1.88. The number of benzene rings is 1. The van der Waals surface area contributed by atoms with Gasteiger partial charge in [-0.2, -0.15) is 5.10 Å². The Morgan fingerprint density at radius 2 is 2.10 bits per heavy atom. The Labute approximate surface area is 119 Å². The summed E-state index contributed by atoms with van der Waals surface area (Å²) >= 11 is 0. The molecule has 1 atom stereocenters. The monoisotopic (exact) mass is 274 g/mol. The van der Waals surface area contributed by atoms with Crippen LogP contribution in [-0.2, 0) is 0 Å². The highest BCUT2D eigenvalue weighted by molar-refractivity contribution is 5.44. The minimum absolute atomic E-state index is 0.0297. The summed E-state index contributed by atoms with van der Waals surface area (Å²) in [5, 5.41) is 10.4. The van der Waals surface area contributed by atoms with Crippen molar-refractivity contribution in [3.8, 4) is 5.75 Å². The molecule has 1 heterocycles. The van der Waals surface area contributed by atoms with Crippen LogP contribution in [0.5, 0.6) is 5.75 Å². The Morgan fingerprint density at radius 1 is 1.30 bits per heavy atom. The molecule has 20 heavy (non-hydrogen) atoms. The fourth-order valence-electron chi connectivity index (χ4n) is 2.34. The van der Waals surface area contributed by atoms with Crippen LogP contribution in [0.3, 0.4) is 0 Å². The molecule has 1 unspecified atom stereocenters. The van der Waals surface area contributed by atoms with Gasteiger partial charge in [-0.05, 0) is 49.6 Å². The number of rotatable bonds is 6. The van der Waals surface area contributed by atoms with Crippen molar-refractivity contribution >= 4 is 0 Å². The molecule has 1 aromatic carbocycles. The second-order valence-corrected chi connectivity index (χ2v) is 4.94. The van der Waals surface area contributed by atoms with E-state index in [1.165, 1.54) is 11.1 Å². The predicted octanol–water partition coefficient (Wildman–Crippen LogP) is 2.52. The lowest BCUT2D eigenvalue weighted by Gasteiger charge is -2.20. The molecule has 0 fully saturated rings. The first-order chi connectivity index (χ1) is 9.67. The third-order valence-corrected chi connectivity index (χ3v) is 3.40. The molecule has 0 aliphatic heterocycles. The first-order valence-electron chi connectivity index (χ1n) is 6.91. The first-order valence-corrected chi connectivity index (χ1v) is 6.91. The zero-order valence-electron chi connectivity index (χ0n) is 12.5. The lowest BCUT2D eigenvalue weighted by atomic mass is 9.97. The van der Waals surface area contributed by atoms with Gasteiger partial charge < -0.3 is 10.1 Å². The van der Waals surface area contributed by atoms with Crippen molar-refractivity contribution in [1.29, 1.82) is 0 Å². The van der Waals surface area contributed by atoms with E-state index in [0.29, 0.717) is 0 Å². The number of ether oxygens (including phenoxy) is 1. The number of nitrogens with zero attached hydrogens (tertiary/aromatic N) is 2. The molecular weight excluding hydrogens is 252 g/mol. The summed E-state index contributed by atoms with van der Waals surface area (Å²) < 4.78 is 5.38. The third-order valence-electron chi connectivity index (χ3n) is 3.40. The minimum Gasteiger partial charge on any atom is -0.496 e. The minimum atomic E-state index is 0.0297. The number of methoxy groups -OCH3 is 1. The quantitative estimate of drug-likeness (QED) is 0.849. The highest BCUT2D eigenvalue weighted by Crippen LogP contribution is 2.28. The molecule has 5 heteroatoms. The summed E-state index contributed by atoms with van der Waals surface area (Å²) in [5.41, 5.74) is 3.50. The van der Waals surface area contributed by atoms with Crippen molar-refractivity contribution < 1.29 is 4.74 Å². The number of hydrogen-bond donors (Lipinski definition) is 2. The average molecular weight is 274 g/mol. The Balaban J connectivity index is 2.40. The van der Waals surface area contributed by atoms with E-state index >= 15 is 0 Å². The SMILES string of the molecule is CCCNC(c1ncn[nH]1)c1cc(C)c(OC)cc1C. The van der Waals surface area contributed by atoms with E-state index in [-0.39, 0.29) is 6.04 Å². The number of H-pyrrole nitrogens is 1. The lowest BCUT2D eigenvalue weighted by Crippen LogP contribution is -2.25. The van der Waals surface area contributed by atoms with Crippen molar-refractivity contribution in [2.24, 2.45) is 0 Å². The maximum atomic E-state index is 5.38. The average Bonchev–Trinajstić information content (AvgIpc) is 2.96. The Kier molecular flexibility index (Phi) is 4.74. The molecule has 0 saturated carbocycles. The van der Waals surface area contributed by atoms with Gasteiger partial charge in [0, 0.05) is 0 Å². The largest absolute Gasteiger partial charge is 0.496 e. The molecule has 108 valence electrons. The highest BCUT2D eigenvalue weighted by Gasteiger charge is 2.19. The van der Waals surface area contributed by atoms with Crippen LogP contribution in [0.15, 0.2) is 18.5 Å². The summed E-state index contributed by atoms with van der Waals surface area (Å²) in [6, 6.07) is 4.26. The van der Waals surface area contributed by atoms with Gasteiger partial charge in [-0.15, -0.1) is 0 Å². The molecule has 2 aromatic rings. The number of aryl methyl sites for hydroxylation is 2. The van der Waals surface area contributed by atoms with Crippen LogP contribution in [0.1, 0.15) is 41.9 Å². The van der Waals surface area contributed by atoms with Crippen LogP contribution in [-0.4, -0.2) is 28.8 Å². The molecule has 0 saturated heterocycles. The van der Waals surface area contributed by atoms with Gasteiger partial charge in [0.2, 0.25) is 0 Å². The van der Waals surface area contributed by atoms with Crippen LogP contribution < -0.4 is 10.1 Å². The van der Waals surface area contributed by atoms with Crippen LogP contribution in [0.25, 0.3) is 0 Å². The summed E-state index contributed by atoms with van der Waals surface area (Å²) in [6.07, 6.45) is 2.61. The van der Waals surface area contributed by atoms with Crippen LogP contribution in [0, 0.1) is 13.8 Å². The van der Waals surface area contributed by atoms with Crippen molar-refractivity contribution in [2.45, 2.75) is 33.2 Å². The molecule has 2 N–H and O–H groups in total. The third kappa shape index (κ3) is 2.99. The zero-order valence-corrected chi connectivity index (χ0v) is 12.5. The number of nitrogens with one attached hydrogen (secondary N) is 2. The van der Waals surface area contributed by atoms with E-state index < -0.39 is 0 Å². The molecule has 5 nitrogen and oxygen atoms in total. The molecule has 0 bridgehead atoms. The fraction of sp³-hybridized carbons (Fsp3) is 0.467. The second kappa shape index (κ2) is 6.52. The molecule has 0 radical (unpaired) electrons. The Bertz CT molecular complexity index is 551. The normalized spacial score (nSPS) is 12.4. The van der Waals surface area contributed by atoms with Crippen LogP contribution in [0.2, 0.25) is 0 Å². The van der Waals surface area contributed by atoms with Crippen LogP contribution in [0.4, 0.5) is 0 Å². The number of aromatic nitrogens is 3. The fourth-order valence-corrected chi connectivity index (χ4v) is 2.34. The lowest BCUT2D eigenvalue weighted by molar-refractivity contribution is 0.411. The molecule has 1 aromatic heterocycles. The standard InChI is InChI=1S/C15H22N4O/c1-5-6-16-14(15-17-9-18-19-15)12-7-11(3)13(20-4)8-10(12)2/h7-9,14,16H,5-6H2,1-4H3,(H,17,18,19). The smallest absolute Gasteiger partial charge is 0.145 e. The summed E-state index contributed by atoms with van der Waals surface area (Å²) in [6.45, 7) is 7.22. The topological polar surface area (TPSA) is 62.8 Å². The van der Waals surface area contributed by atoms with Crippen molar-refractivity contribution in [2.75, 3.05) is 13.7 Å². The van der Waals surface area contributed by atoms with Gasteiger partial charge in [0.25, 0.3) is 0 Å². The van der Waals surface area contributed by atoms with Crippen molar-refractivity contribution in [3.63, 3.8) is 0 Å². The van der Waals surface area contributed by atoms with Crippen molar-refractivity contribution in [1.82, 2.24) is 20.5 Å². The second-order valence-electron chi connectivity index (χ2n) is 4.94. The summed E-state index contributed by atoms with van der Waals surface area (Å²) in [7, 11) is 1.70. The highest BCUT2D eigenvalue weighted by atomic mass is 16.5. The zero-order chi connectivity index (χ0) is 14.5. The van der Waals surface area contributed by atoms with Gasteiger partial charge in [0.05, 0.1) is 13.2 Å². The van der Waals surface area contributed by atoms with E-state index in [1.54, 1.807) is 13.4 Å². The van der Waals surface area contributed by atoms with Gasteiger partial charge in [-0.1, -0.05) is 13.0 Å². The summed E-state index contributed by atoms with van der Waals surface area (Å²) in [5.74, 6) is 1.75. The molecule has 0 spiro atoms. The first kappa shape index (κ1) is 14.5. The summed E-state index contributed by atoms with van der Waals surface area (Å²) in [4.78, 5) is 4.30. The number of aromatic amines is 1. The van der Waals surface area contributed by atoms with Gasteiger partial charge in [0.15, 0.2) is 0 Å². The van der Waals surface area contributed by atoms with E-state index in [9.17, 15) is 0 Å². The van der Waals surface area contributed by atoms with E-state index in [1.807, 2.05) is 0 Å². The van der Waals surface area contributed by atoms with Gasteiger partial charge in [0.1, 0.15) is 17.9 Å². The molecule has 0 aliphatic rings. The van der Waals surface area contributed by atoms with Gasteiger partial charge >= 0.3 is 0 Å². The Morgan fingerprint density at radius 3 is 2.70 bits per heavy atom. The number of hydrogen-bond acceptors (Lipinski definition) is 4. The van der Waals surface area contributed by atoms with Crippen molar-refractivity contribution in [3.05, 3.63) is 41.0 Å². The van der Waals surface area contributed by atoms with Gasteiger partial charge in [-0.25, -0.2) is 4.98 Å².